The summed E-state index contributed by atoms with van der Waals surface area (Å²) in [5.41, 5.74) is 2.80. The maximum absolute atomic E-state index is 10.1. The van der Waals surface area contributed by atoms with Gasteiger partial charge in [0.15, 0.2) is 0 Å². The van der Waals surface area contributed by atoms with Crippen LogP contribution in [-0.4, -0.2) is 23.6 Å². The lowest BCUT2D eigenvalue weighted by Gasteiger charge is -2.39. The number of rotatable bonds is 15. The van der Waals surface area contributed by atoms with Crippen molar-refractivity contribution in [1.82, 2.24) is 0 Å². The number of hydrogen-bond donors (Lipinski definition) is 1. The number of anilines is 1. The molecule has 0 aromatic heterocycles. The number of nitrogens with zero attached hydrogens (tertiary/aromatic N) is 2. The third kappa shape index (κ3) is 6.59. The largest absolute Gasteiger partial charge is 0.508 e. The zero-order chi connectivity index (χ0) is 26.9. The molecule has 0 radical (unpaired) electrons. The monoisotopic (exact) mass is 526 g/mol. The molecule has 5 rings (SSSR count). The van der Waals surface area contributed by atoms with Crippen LogP contribution in [0.15, 0.2) is 59.6 Å². The first-order valence-corrected chi connectivity index (χ1v) is 15.6. The predicted molar refractivity (Wildman–Crippen MR) is 165 cm³/mol. The summed E-state index contributed by atoms with van der Waals surface area (Å²) < 4.78 is 6.79. The Kier molecular flexibility index (Phi) is 9.44. The van der Waals surface area contributed by atoms with Gasteiger partial charge >= 0.3 is 0 Å². The van der Waals surface area contributed by atoms with Crippen LogP contribution in [0.5, 0.6) is 11.5 Å². The van der Waals surface area contributed by atoms with E-state index in [9.17, 15) is 5.11 Å². The van der Waals surface area contributed by atoms with E-state index in [-0.39, 0.29) is 5.75 Å². The van der Waals surface area contributed by atoms with Gasteiger partial charge in [-0.25, -0.2) is 0 Å². The highest BCUT2D eigenvalue weighted by atomic mass is 16.5. The SMILES string of the molecule is CCCCCCCCCCCCCCCCN1c2ccccc2CC12C=Nc1c(ccc3ccc(O)cc13)O2. The molecule has 0 bridgehead atoms. The number of unbranched alkanes of at least 4 members (excludes halogenated alkanes) is 13. The van der Waals surface area contributed by atoms with E-state index in [0.717, 1.165) is 41.6 Å². The summed E-state index contributed by atoms with van der Waals surface area (Å²) in [6.45, 7) is 3.25. The van der Waals surface area contributed by atoms with Gasteiger partial charge in [0.05, 0.1) is 6.21 Å². The maximum atomic E-state index is 10.1. The first-order chi connectivity index (χ1) is 19.2. The van der Waals surface area contributed by atoms with Crippen LogP contribution in [0.1, 0.15) is 102 Å². The van der Waals surface area contributed by atoms with Crippen molar-refractivity contribution >= 4 is 28.4 Å². The Morgan fingerprint density at radius 1 is 0.795 bits per heavy atom. The summed E-state index contributed by atoms with van der Waals surface area (Å²) in [7, 11) is 0. The fourth-order valence-corrected chi connectivity index (χ4v) is 6.35. The van der Waals surface area contributed by atoms with E-state index in [1.807, 2.05) is 18.3 Å². The zero-order valence-electron chi connectivity index (χ0n) is 23.8. The van der Waals surface area contributed by atoms with Crippen molar-refractivity contribution in [2.75, 3.05) is 11.4 Å². The van der Waals surface area contributed by atoms with Crippen LogP contribution in [0, 0.1) is 0 Å². The normalized spacial score (nSPS) is 17.5. The topological polar surface area (TPSA) is 45.1 Å². The van der Waals surface area contributed by atoms with E-state index < -0.39 is 5.72 Å². The van der Waals surface area contributed by atoms with E-state index >= 15 is 0 Å². The summed E-state index contributed by atoms with van der Waals surface area (Å²) in [4.78, 5) is 7.38. The Hall–Kier alpha value is -3.01. The number of aromatic hydroxyl groups is 1. The molecule has 0 saturated heterocycles. The van der Waals surface area contributed by atoms with Crippen molar-refractivity contribution in [1.29, 1.82) is 0 Å². The Bertz CT molecular complexity index is 1250. The van der Waals surface area contributed by atoms with Gasteiger partial charge in [0, 0.05) is 24.0 Å². The van der Waals surface area contributed by atoms with Crippen molar-refractivity contribution in [3.63, 3.8) is 0 Å². The van der Waals surface area contributed by atoms with Gasteiger partial charge in [0.1, 0.15) is 17.2 Å². The molecule has 1 N–H and O–H groups in total. The molecule has 3 aromatic rings. The van der Waals surface area contributed by atoms with Gasteiger partial charge in [-0.2, -0.15) is 0 Å². The standard InChI is InChI=1S/C35H46N2O2/c1-2-3-4-5-6-7-8-9-10-11-12-13-14-17-24-37-32-19-16-15-18-29(32)26-35(37)27-36-34-31-25-30(38)22-20-28(31)21-23-33(34)39-35/h15-16,18-23,25,27,38H,2-14,17,24,26H2,1H3. The van der Waals surface area contributed by atoms with E-state index in [1.54, 1.807) is 12.1 Å². The Balaban J connectivity index is 1.11. The first-order valence-electron chi connectivity index (χ1n) is 15.6. The molecule has 1 atom stereocenters. The molecular formula is C35H46N2O2. The highest BCUT2D eigenvalue weighted by Gasteiger charge is 2.46. The van der Waals surface area contributed by atoms with Crippen LogP contribution in [0.4, 0.5) is 11.4 Å². The molecule has 3 aromatic carbocycles. The second-order valence-corrected chi connectivity index (χ2v) is 11.6. The van der Waals surface area contributed by atoms with Crippen molar-refractivity contribution < 1.29 is 9.84 Å². The molecule has 1 spiro atoms. The van der Waals surface area contributed by atoms with Gasteiger partial charge in [-0.3, -0.25) is 4.99 Å². The number of fused-ring (bicyclic) bond motifs is 4. The van der Waals surface area contributed by atoms with E-state index in [2.05, 4.69) is 42.2 Å². The van der Waals surface area contributed by atoms with Crippen molar-refractivity contribution in [3.8, 4) is 11.5 Å². The molecule has 2 heterocycles. The molecule has 208 valence electrons. The van der Waals surface area contributed by atoms with Crippen molar-refractivity contribution in [2.45, 2.75) is 109 Å². The molecule has 0 saturated carbocycles. The second-order valence-electron chi connectivity index (χ2n) is 11.6. The highest BCUT2D eigenvalue weighted by molar-refractivity contribution is 6.00. The molecule has 1 unspecified atom stereocenters. The van der Waals surface area contributed by atoms with Crippen LogP contribution in [0.2, 0.25) is 0 Å². The Labute approximate surface area is 235 Å². The van der Waals surface area contributed by atoms with Gasteiger partial charge < -0.3 is 14.7 Å². The van der Waals surface area contributed by atoms with Gasteiger partial charge in [0.25, 0.3) is 0 Å². The minimum atomic E-state index is -0.586. The van der Waals surface area contributed by atoms with Crippen LogP contribution in [-0.2, 0) is 6.42 Å². The minimum Gasteiger partial charge on any atom is -0.508 e. The smallest absolute Gasteiger partial charge is 0.223 e. The van der Waals surface area contributed by atoms with Gasteiger partial charge in [-0.1, -0.05) is 121 Å². The summed E-state index contributed by atoms with van der Waals surface area (Å²) in [5, 5.41) is 12.0. The number of ether oxygens (including phenoxy) is 1. The van der Waals surface area contributed by atoms with Gasteiger partial charge in [-0.15, -0.1) is 0 Å². The summed E-state index contributed by atoms with van der Waals surface area (Å²) in [5.74, 6) is 1.04. The molecular weight excluding hydrogens is 480 g/mol. The highest BCUT2D eigenvalue weighted by Crippen LogP contribution is 2.46. The Morgan fingerprint density at radius 2 is 1.44 bits per heavy atom. The van der Waals surface area contributed by atoms with Gasteiger partial charge in [-0.05, 0) is 41.6 Å². The lowest BCUT2D eigenvalue weighted by atomic mass is 10.0. The fourth-order valence-electron chi connectivity index (χ4n) is 6.35. The van der Waals surface area contributed by atoms with Crippen LogP contribution < -0.4 is 9.64 Å². The van der Waals surface area contributed by atoms with E-state index in [4.69, 9.17) is 9.73 Å². The van der Waals surface area contributed by atoms with Crippen LogP contribution >= 0.6 is 0 Å². The first kappa shape index (κ1) is 27.6. The quantitative estimate of drug-likeness (QED) is 0.200. The maximum Gasteiger partial charge on any atom is 0.223 e. The van der Waals surface area contributed by atoms with Gasteiger partial charge in [0.2, 0.25) is 5.72 Å². The summed E-state index contributed by atoms with van der Waals surface area (Å²) in [6.07, 6.45) is 21.9. The third-order valence-corrected chi connectivity index (χ3v) is 8.54. The summed E-state index contributed by atoms with van der Waals surface area (Å²) >= 11 is 0. The van der Waals surface area contributed by atoms with E-state index in [0.29, 0.717) is 0 Å². The predicted octanol–water partition coefficient (Wildman–Crippen LogP) is 9.88. The molecule has 0 amide bonds. The average Bonchev–Trinajstić information content (AvgIpc) is 3.24. The lowest BCUT2D eigenvalue weighted by Crippen LogP contribution is -2.54. The third-order valence-electron chi connectivity index (χ3n) is 8.54. The number of hydrogen-bond acceptors (Lipinski definition) is 4. The molecule has 4 nitrogen and oxygen atoms in total. The number of phenols is 1. The zero-order valence-corrected chi connectivity index (χ0v) is 23.8. The number of aliphatic imine (C=N–C) groups is 1. The number of benzene rings is 3. The van der Waals surface area contributed by atoms with Crippen molar-refractivity contribution in [3.05, 3.63) is 60.2 Å². The minimum absolute atomic E-state index is 0.249. The molecule has 2 aliphatic heterocycles. The van der Waals surface area contributed by atoms with Crippen LogP contribution in [0.3, 0.4) is 0 Å². The van der Waals surface area contributed by atoms with E-state index in [1.165, 1.54) is 94.7 Å². The molecule has 4 heteroatoms. The number of para-hydroxylation sites is 1. The molecule has 2 aliphatic rings. The molecule has 0 aliphatic carbocycles. The summed E-state index contributed by atoms with van der Waals surface area (Å²) in [6, 6.07) is 18.2. The lowest BCUT2D eigenvalue weighted by molar-refractivity contribution is 0.147. The second kappa shape index (κ2) is 13.4. The molecule has 0 fully saturated rings. The van der Waals surface area contributed by atoms with Crippen LogP contribution in [0.25, 0.3) is 10.8 Å². The Morgan fingerprint density at radius 3 is 2.15 bits per heavy atom. The molecule has 39 heavy (non-hydrogen) atoms. The average molecular weight is 527 g/mol. The fraction of sp³-hybridized carbons (Fsp3) is 0.514. The van der Waals surface area contributed by atoms with Crippen molar-refractivity contribution in [2.24, 2.45) is 4.99 Å². The number of phenolic OH excluding ortho intramolecular Hbond substituents is 1.